The summed E-state index contributed by atoms with van der Waals surface area (Å²) in [6, 6.07) is 6.55. The largest absolute Gasteiger partial charge is 0.481 e. The molecule has 0 aliphatic heterocycles. The first kappa shape index (κ1) is 14.0. The summed E-state index contributed by atoms with van der Waals surface area (Å²) in [6.07, 6.45) is -1.80. The molecule has 0 radical (unpaired) electrons. The van der Waals surface area contributed by atoms with Crippen LogP contribution in [0.5, 0.6) is 0 Å². The number of alkyl halides is 1. The van der Waals surface area contributed by atoms with Gasteiger partial charge in [0.25, 0.3) is 0 Å². The van der Waals surface area contributed by atoms with Gasteiger partial charge in [0.2, 0.25) is 0 Å². The van der Waals surface area contributed by atoms with E-state index >= 15 is 0 Å². The van der Waals surface area contributed by atoms with E-state index in [9.17, 15) is 15.0 Å². The van der Waals surface area contributed by atoms with Crippen molar-refractivity contribution >= 4 is 17.6 Å². The van der Waals surface area contributed by atoms with Gasteiger partial charge in [0, 0.05) is 5.88 Å². The molecule has 0 aliphatic rings. The van der Waals surface area contributed by atoms with Crippen molar-refractivity contribution in [2.24, 2.45) is 0 Å². The molecule has 0 aromatic heterocycles. The molecule has 1 aromatic rings. The lowest BCUT2D eigenvalue weighted by Crippen LogP contribution is -2.18. The third-order valence-corrected chi connectivity index (χ3v) is 2.64. The second-order valence-corrected chi connectivity index (χ2v) is 4.18. The molecule has 17 heavy (non-hydrogen) atoms. The summed E-state index contributed by atoms with van der Waals surface area (Å²) >= 11 is 5.48. The molecule has 2 atom stereocenters. The highest BCUT2D eigenvalue weighted by atomic mass is 35.5. The lowest BCUT2D eigenvalue weighted by atomic mass is 9.99. The van der Waals surface area contributed by atoms with E-state index in [1.54, 1.807) is 24.3 Å². The van der Waals surface area contributed by atoms with E-state index in [4.69, 9.17) is 16.7 Å². The van der Waals surface area contributed by atoms with E-state index in [1.165, 1.54) is 0 Å². The molecular weight excluding hydrogens is 244 g/mol. The molecule has 3 N–H and O–H groups in total. The second kappa shape index (κ2) is 6.59. The Labute approximate surface area is 104 Å². The van der Waals surface area contributed by atoms with Crippen LogP contribution in [0.25, 0.3) is 0 Å². The summed E-state index contributed by atoms with van der Waals surface area (Å²) in [7, 11) is 0. The minimum absolute atomic E-state index is 0.105. The fourth-order valence-electron chi connectivity index (χ4n) is 1.55. The zero-order valence-electron chi connectivity index (χ0n) is 9.21. The SMILES string of the molecule is O=C(O)Cc1cccc(C(O)C(O)CCCl)c1. The Morgan fingerprint density at radius 2 is 2.06 bits per heavy atom. The molecular formula is C12H15ClO4. The van der Waals surface area contributed by atoms with E-state index in [-0.39, 0.29) is 18.7 Å². The number of carboxylic acids is 1. The molecule has 0 amide bonds. The topological polar surface area (TPSA) is 77.8 Å². The van der Waals surface area contributed by atoms with Crippen LogP contribution in [0.1, 0.15) is 23.7 Å². The van der Waals surface area contributed by atoms with Gasteiger partial charge in [-0.15, -0.1) is 11.6 Å². The van der Waals surface area contributed by atoms with Crippen LogP contribution in [-0.4, -0.2) is 33.3 Å². The molecule has 0 saturated carbocycles. The zero-order valence-corrected chi connectivity index (χ0v) is 9.97. The van der Waals surface area contributed by atoms with Gasteiger partial charge < -0.3 is 15.3 Å². The maximum atomic E-state index is 10.6. The molecule has 0 spiro atoms. The van der Waals surface area contributed by atoms with Gasteiger partial charge in [-0.1, -0.05) is 24.3 Å². The van der Waals surface area contributed by atoms with Gasteiger partial charge in [-0.3, -0.25) is 4.79 Å². The summed E-state index contributed by atoms with van der Waals surface area (Å²) in [5.74, 6) is -0.675. The van der Waals surface area contributed by atoms with Crippen molar-refractivity contribution in [2.45, 2.75) is 25.0 Å². The molecule has 94 valence electrons. The predicted molar refractivity (Wildman–Crippen MR) is 64.1 cm³/mol. The number of benzene rings is 1. The normalized spacial score (nSPS) is 14.3. The average Bonchev–Trinajstić information content (AvgIpc) is 2.28. The second-order valence-electron chi connectivity index (χ2n) is 3.81. The van der Waals surface area contributed by atoms with E-state index in [1.807, 2.05) is 0 Å². The van der Waals surface area contributed by atoms with E-state index in [0.717, 1.165) is 0 Å². The molecule has 1 aromatic carbocycles. The van der Waals surface area contributed by atoms with Crippen molar-refractivity contribution in [2.75, 3.05) is 5.88 Å². The number of rotatable bonds is 6. The van der Waals surface area contributed by atoms with Crippen LogP contribution in [-0.2, 0) is 11.2 Å². The fourth-order valence-corrected chi connectivity index (χ4v) is 1.78. The number of aliphatic hydroxyl groups is 2. The molecule has 0 saturated heterocycles. The Morgan fingerprint density at radius 3 is 2.65 bits per heavy atom. The number of carbonyl (C=O) groups is 1. The van der Waals surface area contributed by atoms with Crippen molar-refractivity contribution in [3.63, 3.8) is 0 Å². The van der Waals surface area contributed by atoms with Gasteiger partial charge in [0.05, 0.1) is 12.5 Å². The summed E-state index contributed by atoms with van der Waals surface area (Å²) in [5, 5.41) is 28.1. The molecule has 2 unspecified atom stereocenters. The van der Waals surface area contributed by atoms with Crippen LogP contribution < -0.4 is 0 Å². The van der Waals surface area contributed by atoms with Gasteiger partial charge in [-0.25, -0.2) is 0 Å². The molecule has 0 heterocycles. The average molecular weight is 259 g/mol. The standard InChI is InChI=1S/C12H15ClO4/c13-5-4-10(14)12(17)9-3-1-2-8(6-9)7-11(15)16/h1-3,6,10,12,14,17H,4-5,7H2,(H,15,16). The Balaban J connectivity index is 2.79. The third-order valence-electron chi connectivity index (χ3n) is 2.42. The minimum atomic E-state index is -1.04. The molecule has 0 bridgehead atoms. The van der Waals surface area contributed by atoms with Crippen LogP contribution in [0.4, 0.5) is 0 Å². The van der Waals surface area contributed by atoms with Crippen LogP contribution in [0.2, 0.25) is 0 Å². The number of halogens is 1. The lowest BCUT2D eigenvalue weighted by Gasteiger charge is -2.17. The molecule has 0 aliphatic carbocycles. The highest BCUT2D eigenvalue weighted by Gasteiger charge is 2.18. The lowest BCUT2D eigenvalue weighted by molar-refractivity contribution is -0.136. The summed E-state index contributed by atoms with van der Waals surface area (Å²) in [6.45, 7) is 0. The smallest absolute Gasteiger partial charge is 0.307 e. The molecule has 1 rings (SSSR count). The van der Waals surface area contributed by atoms with Gasteiger partial charge >= 0.3 is 5.97 Å². The maximum Gasteiger partial charge on any atom is 0.307 e. The van der Waals surface area contributed by atoms with Crippen LogP contribution in [0, 0.1) is 0 Å². The maximum absolute atomic E-state index is 10.6. The van der Waals surface area contributed by atoms with Crippen LogP contribution >= 0.6 is 11.6 Å². The number of hydrogen-bond donors (Lipinski definition) is 3. The van der Waals surface area contributed by atoms with Crippen molar-refractivity contribution in [1.29, 1.82) is 0 Å². The molecule has 4 nitrogen and oxygen atoms in total. The van der Waals surface area contributed by atoms with Crippen molar-refractivity contribution < 1.29 is 20.1 Å². The summed E-state index contributed by atoms with van der Waals surface area (Å²) < 4.78 is 0. The van der Waals surface area contributed by atoms with Crippen molar-refractivity contribution in [3.8, 4) is 0 Å². The van der Waals surface area contributed by atoms with Crippen molar-refractivity contribution in [1.82, 2.24) is 0 Å². The monoisotopic (exact) mass is 258 g/mol. The van der Waals surface area contributed by atoms with Crippen molar-refractivity contribution in [3.05, 3.63) is 35.4 Å². The highest BCUT2D eigenvalue weighted by Crippen LogP contribution is 2.20. The van der Waals surface area contributed by atoms with Crippen LogP contribution in [0.3, 0.4) is 0 Å². The quantitative estimate of drug-likeness (QED) is 0.673. The van der Waals surface area contributed by atoms with E-state index < -0.39 is 18.2 Å². The number of aliphatic hydroxyl groups excluding tert-OH is 2. The van der Waals surface area contributed by atoms with Gasteiger partial charge in [0.1, 0.15) is 6.10 Å². The summed E-state index contributed by atoms with van der Waals surface area (Å²) in [4.78, 5) is 10.6. The number of carboxylic acid groups (broad SMARTS) is 1. The predicted octanol–water partition coefficient (Wildman–Crippen LogP) is 1.34. The number of hydrogen-bond acceptors (Lipinski definition) is 3. The first-order valence-electron chi connectivity index (χ1n) is 5.27. The first-order chi connectivity index (χ1) is 8.04. The third kappa shape index (κ3) is 4.34. The van der Waals surface area contributed by atoms with E-state index in [0.29, 0.717) is 11.1 Å². The first-order valence-corrected chi connectivity index (χ1v) is 5.80. The summed E-state index contributed by atoms with van der Waals surface area (Å²) in [5.41, 5.74) is 1.09. The molecule has 0 fully saturated rings. The zero-order chi connectivity index (χ0) is 12.8. The Hall–Kier alpha value is -1.10. The Morgan fingerprint density at radius 1 is 1.35 bits per heavy atom. The Kier molecular flexibility index (Phi) is 5.41. The van der Waals surface area contributed by atoms with Gasteiger partial charge in [-0.05, 0) is 17.5 Å². The number of aliphatic carboxylic acids is 1. The van der Waals surface area contributed by atoms with Gasteiger partial charge in [-0.2, -0.15) is 0 Å². The highest BCUT2D eigenvalue weighted by molar-refractivity contribution is 6.17. The molecule has 5 heteroatoms. The van der Waals surface area contributed by atoms with Crippen LogP contribution in [0.15, 0.2) is 24.3 Å². The fraction of sp³-hybridized carbons (Fsp3) is 0.417. The van der Waals surface area contributed by atoms with E-state index in [2.05, 4.69) is 0 Å². The van der Waals surface area contributed by atoms with Gasteiger partial charge in [0.15, 0.2) is 0 Å². The Bertz CT molecular complexity index is 381. The minimum Gasteiger partial charge on any atom is -0.481 e.